The zero-order valence-electron chi connectivity index (χ0n) is 19.1. The first kappa shape index (κ1) is 20.9. The number of unbranched alkanes of at least 4 members (excludes halogenated alkanes) is 2. The van der Waals surface area contributed by atoms with Crippen LogP contribution in [0, 0.1) is 0 Å². The summed E-state index contributed by atoms with van der Waals surface area (Å²) in [5.41, 5.74) is 8.48. The van der Waals surface area contributed by atoms with Crippen LogP contribution in [0.5, 0.6) is 0 Å². The van der Waals surface area contributed by atoms with Crippen LogP contribution in [0.3, 0.4) is 0 Å². The summed E-state index contributed by atoms with van der Waals surface area (Å²) < 4.78 is 0. The zero-order chi connectivity index (χ0) is 20.4. The molecular weight excluding hydrogens is 364 g/mol. The molecule has 0 aromatic heterocycles. The third-order valence-electron chi connectivity index (χ3n) is 8.27. The minimum absolute atomic E-state index is 0.801. The van der Waals surface area contributed by atoms with Gasteiger partial charge in [0.05, 0.1) is 8.07 Å². The summed E-state index contributed by atoms with van der Waals surface area (Å²) in [7, 11) is -1.50. The fourth-order valence-corrected chi connectivity index (χ4v) is 11.0. The molecule has 2 aromatic carbocycles. The monoisotopic (exact) mass is 404 g/mol. The van der Waals surface area contributed by atoms with E-state index >= 15 is 0 Å². The van der Waals surface area contributed by atoms with E-state index in [-0.39, 0.29) is 0 Å². The molecule has 0 N–H and O–H groups in total. The molecule has 0 nitrogen and oxygen atoms in total. The lowest BCUT2D eigenvalue weighted by Gasteiger charge is -2.37. The lowest BCUT2D eigenvalue weighted by Crippen LogP contribution is -2.41. The first-order chi connectivity index (χ1) is 14.1. The largest absolute Gasteiger partial charge is 0.0684 e. The van der Waals surface area contributed by atoms with Crippen LogP contribution < -0.4 is 0 Å². The van der Waals surface area contributed by atoms with Gasteiger partial charge in [-0.3, -0.25) is 0 Å². The fraction of sp³-hybridized carbons (Fsp3) is 0.571. The van der Waals surface area contributed by atoms with Crippen molar-refractivity contribution in [3.05, 3.63) is 70.8 Å². The van der Waals surface area contributed by atoms with Gasteiger partial charge in [0.25, 0.3) is 0 Å². The molecule has 0 radical (unpaired) electrons. The van der Waals surface area contributed by atoms with Crippen molar-refractivity contribution in [3.8, 4) is 0 Å². The van der Waals surface area contributed by atoms with E-state index in [1.54, 1.807) is 22.3 Å². The Morgan fingerprint density at radius 1 is 0.655 bits per heavy atom. The van der Waals surface area contributed by atoms with Crippen LogP contribution in [-0.4, -0.2) is 8.07 Å². The van der Waals surface area contributed by atoms with Crippen molar-refractivity contribution in [1.29, 1.82) is 0 Å². The molecule has 2 aromatic rings. The first-order valence-electron chi connectivity index (χ1n) is 12.3. The van der Waals surface area contributed by atoms with Gasteiger partial charge in [-0.15, -0.1) is 0 Å². The average Bonchev–Trinajstić information content (AvgIpc) is 3.30. The second-order valence-corrected chi connectivity index (χ2v) is 15.4. The van der Waals surface area contributed by atoms with Crippen LogP contribution in [0.15, 0.2) is 48.5 Å². The van der Waals surface area contributed by atoms with Gasteiger partial charge in [0.15, 0.2) is 0 Å². The summed E-state index contributed by atoms with van der Waals surface area (Å²) in [6.45, 7) is 10.1. The Hall–Kier alpha value is -1.34. The molecule has 0 saturated carbocycles. The third-order valence-corrected chi connectivity index (χ3v) is 13.0. The highest BCUT2D eigenvalue weighted by Crippen LogP contribution is 2.56. The van der Waals surface area contributed by atoms with Crippen LogP contribution in [0.2, 0.25) is 13.1 Å². The van der Waals surface area contributed by atoms with Crippen molar-refractivity contribution < 1.29 is 0 Å². The minimum atomic E-state index is -1.50. The normalized spacial score (nSPS) is 25.8. The Morgan fingerprint density at radius 2 is 1.03 bits per heavy atom. The Morgan fingerprint density at radius 3 is 1.41 bits per heavy atom. The van der Waals surface area contributed by atoms with E-state index in [1.165, 1.54) is 51.4 Å². The van der Waals surface area contributed by atoms with Crippen molar-refractivity contribution in [2.45, 2.75) is 101 Å². The maximum Gasteiger partial charge on any atom is 0.0628 e. The van der Waals surface area contributed by atoms with E-state index in [4.69, 9.17) is 0 Å². The van der Waals surface area contributed by atoms with Crippen molar-refractivity contribution in [3.63, 3.8) is 0 Å². The Kier molecular flexibility index (Phi) is 6.34. The molecule has 4 rings (SSSR count). The van der Waals surface area contributed by atoms with E-state index in [9.17, 15) is 0 Å². The number of hydrogen-bond acceptors (Lipinski definition) is 0. The molecule has 2 aliphatic rings. The van der Waals surface area contributed by atoms with Gasteiger partial charge in [-0.2, -0.15) is 0 Å². The maximum absolute atomic E-state index is 2.72. The van der Waals surface area contributed by atoms with E-state index in [0.717, 1.165) is 22.9 Å². The van der Waals surface area contributed by atoms with E-state index in [1.807, 2.05) is 0 Å². The summed E-state index contributed by atoms with van der Waals surface area (Å²) >= 11 is 0. The molecule has 4 unspecified atom stereocenters. The van der Waals surface area contributed by atoms with Gasteiger partial charge in [0.1, 0.15) is 0 Å². The van der Waals surface area contributed by atoms with Crippen molar-refractivity contribution in [1.82, 2.24) is 0 Å². The smallest absolute Gasteiger partial charge is 0.0628 e. The van der Waals surface area contributed by atoms with Crippen molar-refractivity contribution in [2.75, 3.05) is 0 Å². The second kappa shape index (κ2) is 8.80. The molecule has 0 amide bonds. The van der Waals surface area contributed by atoms with Gasteiger partial charge < -0.3 is 0 Å². The van der Waals surface area contributed by atoms with Gasteiger partial charge in [0.2, 0.25) is 0 Å². The second-order valence-electron chi connectivity index (χ2n) is 10.3. The molecule has 0 bridgehead atoms. The summed E-state index contributed by atoms with van der Waals surface area (Å²) in [5.74, 6) is 1.60. The summed E-state index contributed by atoms with van der Waals surface area (Å²) in [5, 5.41) is 0. The average molecular weight is 405 g/mol. The van der Waals surface area contributed by atoms with Crippen molar-refractivity contribution in [2.24, 2.45) is 0 Å². The lowest BCUT2D eigenvalue weighted by atomic mass is 9.96. The molecule has 0 fully saturated rings. The minimum Gasteiger partial charge on any atom is -0.0684 e. The fourth-order valence-electron chi connectivity index (χ4n) is 6.58. The van der Waals surface area contributed by atoms with Crippen LogP contribution in [0.1, 0.15) is 110 Å². The molecule has 0 heterocycles. The highest BCUT2D eigenvalue weighted by molar-refractivity contribution is 6.80. The highest BCUT2D eigenvalue weighted by atomic mass is 28.3. The number of hydrogen-bond donors (Lipinski definition) is 0. The van der Waals surface area contributed by atoms with E-state index in [0.29, 0.717) is 0 Å². The van der Waals surface area contributed by atoms with Gasteiger partial charge in [-0.05, 0) is 70.9 Å². The van der Waals surface area contributed by atoms with Gasteiger partial charge in [-0.1, -0.05) is 101 Å². The predicted octanol–water partition coefficient (Wildman–Crippen LogP) is 8.70. The lowest BCUT2D eigenvalue weighted by molar-refractivity contribution is 0.555. The Bertz CT molecular complexity index is 753. The third kappa shape index (κ3) is 3.88. The predicted molar refractivity (Wildman–Crippen MR) is 130 cm³/mol. The molecule has 156 valence electrons. The first-order valence-corrected chi connectivity index (χ1v) is 15.4. The Balaban J connectivity index is 1.65. The van der Waals surface area contributed by atoms with Crippen molar-refractivity contribution >= 4 is 8.07 Å². The summed E-state index contributed by atoms with van der Waals surface area (Å²) in [6.07, 6.45) is 11.0. The molecule has 0 saturated heterocycles. The SMILES string of the molecule is CCCCC1CC([Si](C)(C)C2CC(CCCC)c3ccccc32)c2ccccc21. The number of rotatable bonds is 8. The molecular formula is C28H40Si. The van der Waals surface area contributed by atoms with E-state index < -0.39 is 8.07 Å². The molecule has 2 aliphatic carbocycles. The molecule has 1 heteroatoms. The molecule has 29 heavy (non-hydrogen) atoms. The van der Waals surface area contributed by atoms with Crippen LogP contribution in [-0.2, 0) is 0 Å². The van der Waals surface area contributed by atoms with Gasteiger partial charge >= 0.3 is 0 Å². The Labute approximate surface area is 180 Å². The molecule has 4 atom stereocenters. The summed E-state index contributed by atoms with van der Waals surface area (Å²) in [6, 6.07) is 19.0. The standard InChI is InChI=1S/C28H40Si/c1-5-7-13-21-19-27(25-17-11-9-15-23(21)25)29(3,4)28-20-22(14-8-6-2)24-16-10-12-18-26(24)28/h9-12,15-18,21-22,27-28H,5-8,13-14,19-20H2,1-4H3. The van der Waals surface area contributed by atoms with Crippen LogP contribution in [0.25, 0.3) is 0 Å². The van der Waals surface area contributed by atoms with Crippen LogP contribution in [0.4, 0.5) is 0 Å². The van der Waals surface area contributed by atoms with E-state index in [2.05, 4.69) is 75.5 Å². The number of fused-ring (bicyclic) bond motifs is 2. The van der Waals surface area contributed by atoms with Gasteiger partial charge in [0, 0.05) is 0 Å². The topological polar surface area (TPSA) is 0 Å². The maximum atomic E-state index is 2.72. The highest BCUT2D eigenvalue weighted by Gasteiger charge is 2.48. The molecule has 0 spiro atoms. The number of benzene rings is 2. The quantitative estimate of drug-likeness (QED) is 0.386. The summed E-state index contributed by atoms with van der Waals surface area (Å²) in [4.78, 5) is 0. The molecule has 0 aliphatic heterocycles. The van der Waals surface area contributed by atoms with Gasteiger partial charge in [-0.25, -0.2) is 0 Å². The van der Waals surface area contributed by atoms with Crippen LogP contribution >= 0.6 is 0 Å². The zero-order valence-corrected chi connectivity index (χ0v) is 20.1.